The summed E-state index contributed by atoms with van der Waals surface area (Å²) in [6.45, 7) is 0.338. The molecule has 100 valence electrons. The quantitative estimate of drug-likeness (QED) is 0.432. The van der Waals surface area contributed by atoms with E-state index in [1.165, 1.54) is 4.90 Å². The van der Waals surface area contributed by atoms with Crippen molar-refractivity contribution in [3.63, 3.8) is 0 Å². The Morgan fingerprint density at radius 2 is 2.17 bits per heavy atom. The minimum Gasteiger partial charge on any atom is -0.368 e. The highest BCUT2D eigenvalue weighted by molar-refractivity contribution is 5.93. The fourth-order valence-electron chi connectivity index (χ4n) is 2.85. The molecule has 1 aliphatic carbocycles. The number of likely N-dealkylation sites (tertiary alicyclic amines) is 1. The van der Waals surface area contributed by atoms with Crippen molar-refractivity contribution in [1.29, 1.82) is 0 Å². The average molecular weight is 255 g/mol. The lowest BCUT2D eigenvalue weighted by molar-refractivity contribution is -0.144. The summed E-state index contributed by atoms with van der Waals surface area (Å²) in [6, 6.07) is 0. The van der Waals surface area contributed by atoms with Gasteiger partial charge in [0.1, 0.15) is 0 Å². The molecule has 1 unspecified atom stereocenters. The summed E-state index contributed by atoms with van der Waals surface area (Å²) in [5.41, 5.74) is 5.92. The zero-order valence-corrected chi connectivity index (χ0v) is 10.0. The van der Waals surface area contributed by atoms with E-state index in [1.54, 1.807) is 5.48 Å². The second kappa shape index (κ2) is 4.56. The number of nitrogens with zero attached hydrogens (tertiary/aromatic N) is 1. The molecule has 3 amide bonds. The van der Waals surface area contributed by atoms with E-state index in [1.807, 2.05) is 0 Å². The summed E-state index contributed by atoms with van der Waals surface area (Å²) in [4.78, 5) is 36.0. The van der Waals surface area contributed by atoms with E-state index in [-0.39, 0.29) is 24.8 Å². The van der Waals surface area contributed by atoms with E-state index in [4.69, 9.17) is 10.9 Å². The van der Waals surface area contributed by atoms with Crippen molar-refractivity contribution >= 4 is 17.7 Å². The maximum atomic E-state index is 12.4. The Morgan fingerprint density at radius 3 is 2.67 bits per heavy atom. The van der Waals surface area contributed by atoms with Crippen LogP contribution in [-0.4, -0.2) is 40.9 Å². The number of hydrogen-bond donors (Lipinski definition) is 3. The highest BCUT2D eigenvalue weighted by atomic mass is 16.5. The highest BCUT2D eigenvalue weighted by Crippen LogP contribution is 2.53. The molecule has 1 heterocycles. The topological polar surface area (TPSA) is 113 Å². The van der Waals surface area contributed by atoms with Gasteiger partial charge in [0.05, 0.1) is 12.0 Å². The second-order valence-electron chi connectivity index (χ2n) is 5.09. The van der Waals surface area contributed by atoms with Crippen molar-refractivity contribution in [2.45, 2.75) is 25.7 Å². The van der Waals surface area contributed by atoms with Gasteiger partial charge in [-0.15, -0.1) is 0 Å². The van der Waals surface area contributed by atoms with Crippen LogP contribution in [0.5, 0.6) is 0 Å². The maximum absolute atomic E-state index is 12.4. The van der Waals surface area contributed by atoms with Crippen molar-refractivity contribution in [1.82, 2.24) is 10.4 Å². The number of hydroxylamine groups is 1. The van der Waals surface area contributed by atoms with Crippen LogP contribution >= 0.6 is 0 Å². The molecule has 7 heteroatoms. The highest BCUT2D eigenvalue weighted by Gasteiger charge is 2.56. The monoisotopic (exact) mass is 255 g/mol. The zero-order chi connectivity index (χ0) is 13.3. The van der Waals surface area contributed by atoms with Gasteiger partial charge in [-0.2, -0.15) is 0 Å². The largest absolute Gasteiger partial charge is 0.368 e. The Hall–Kier alpha value is -1.63. The van der Waals surface area contributed by atoms with E-state index in [9.17, 15) is 14.4 Å². The standard InChI is InChI=1S/C11H17N3O4/c12-8(15)6-14-4-3-11(10(14)17,7-1-2-7)5-9(16)13-18/h7,18H,1-6H2,(H2,12,15)(H,13,16). The molecule has 1 aliphatic heterocycles. The molecule has 1 saturated carbocycles. The van der Waals surface area contributed by atoms with Gasteiger partial charge in [-0.25, -0.2) is 5.48 Å². The van der Waals surface area contributed by atoms with Crippen LogP contribution in [-0.2, 0) is 14.4 Å². The number of nitrogens with one attached hydrogen (secondary N) is 1. The van der Waals surface area contributed by atoms with Gasteiger partial charge in [-0.3, -0.25) is 19.6 Å². The Kier molecular flexibility index (Phi) is 3.25. The number of carbonyl (C=O) groups is 3. The van der Waals surface area contributed by atoms with Crippen LogP contribution in [0, 0.1) is 11.3 Å². The number of nitrogens with two attached hydrogens (primary N) is 1. The third-order valence-electron chi connectivity index (χ3n) is 3.85. The average Bonchev–Trinajstić information content (AvgIpc) is 3.11. The normalized spacial score (nSPS) is 27.4. The van der Waals surface area contributed by atoms with Crippen LogP contribution in [0.1, 0.15) is 25.7 Å². The van der Waals surface area contributed by atoms with Gasteiger partial charge in [0.15, 0.2) is 0 Å². The maximum Gasteiger partial charge on any atom is 0.244 e. The minimum atomic E-state index is -0.748. The van der Waals surface area contributed by atoms with Gasteiger partial charge in [-0.05, 0) is 25.2 Å². The smallest absolute Gasteiger partial charge is 0.244 e. The first-order chi connectivity index (χ1) is 8.49. The van der Waals surface area contributed by atoms with Crippen LogP contribution in [0.15, 0.2) is 0 Å². The van der Waals surface area contributed by atoms with Crippen LogP contribution in [0.2, 0.25) is 0 Å². The fraction of sp³-hybridized carbons (Fsp3) is 0.727. The Morgan fingerprint density at radius 1 is 1.50 bits per heavy atom. The zero-order valence-electron chi connectivity index (χ0n) is 10.0. The Labute approximate surface area is 104 Å². The first kappa shape index (κ1) is 12.8. The minimum absolute atomic E-state index is 0.0255. The fourth-order valence-corrected chi connectivity index (χ4v) is 2.85. The van der Waals surface area contributed by atoms with Gasteiger partial charge >= 0.3 is 0 Å². The number of carbonyl (C=O) groups excluding carboxylic acids is 3. The summed E-state index contributed by atoms with van der Waals surface area (Å²) in [5, 5.41) is 8.61. The molecular formula is C11H17N3O4. The van der Waals surface area contributed by atoms with Gasteiger partial charge in [0.25, 0.3) is 0 Å². The molecule has 0 radical (unpaired) electrons. The van der Waals surface area contributed by atoms with Crippen molar-refractivity contribution in [3.8, 4) is 0 Å². The number of hydrogen-bond acceptors (Lipinski definition) is 4. The summed E-state index contributed by atoms with van der Waals surface area (Å²) in [6.07, 6.45) is 2.34. The van der Waals surface area contributed by atoms with E-state index >= 15 is 0 Å². The summed E-state index contributed by atoms with van der Waals surface area (Å²) >= 11 is 0. The summed E-state index contributed by atoms with van der Waals surface area (Å²) in [5.74, 6) is -1.12. The van der Waals surface area contributed by atoms with Gasteiger partial charge in [0, 0.05) is 13.0 Å². The van der Waals surface area contributed by atoms with E-state index in [0.29, 0.717) is 13.0 Å². The predicted molar refractivity (Wildman–Crippen MR) is 60.1 cm³/mol. The Balaban J connectivity index is 2.14. The summed E-state index contributed by atoms with van der Waals surface area (Å²) < 4.78 is 0. The molecule has 1 saturated heterocycles. The second-order valence-corrected chi connectivity index (χ2v) is 5.09. The third kappa shape index (κ3) is 2.17. The predicted octanol–water partition coefficient (Wildman–Crippen LogP) is -1.00. The molecule has 7 nitrogen and oxygen atoms in total. The SMILES string of the molecule is NC(=O)CN1CCC(CC(=O)NO)(C2CC2)C1=O. The van der Waals surface area contributed by atoms with Crippen molar-refractivity contribution in [2.24, 2.45) is 17.1 Å². The van der Waals surface area contributed by atoms with E-state index in [2.05, 4.69) is 0 Å². The first-order valence-corrected chi connectivity index (χ1v) is 6.00. The third-order valence-corrected chi connectivity index (χ3v) is 3.85. The molecule has 1 atom stereocenters. The first-order valence-electron chi connectivity index (χ1n) is 6.00. The number of rotatable bonds is 5. The molecule has 4 N–H and O–H groups in total. The van der Waals surface area contributed by atoms with Gasteiger partial charge < -0.3 is 10.6 Å². The van der Waals surface area contributed by atoms with Gasteiger partial charge in [0.2, 0.25) is 17.7 Å². The molecule has 0 aromatic rings. The molecule has 2 rings (SSSR count). The molecule has 18 heavy (non-hydrogen) atoms. The van der Waals surface area contributed by atoms with Crippen LogP contribution in [0.4, 0.5) is 0 Å². The number of primary amides is 1. The lowest BCUT2D eigenvalue weighted by Crippen LogP contribution is -2.42. The molecule has 2 aliphatic rings. The lowest BCUT2D eigenvalue weighted by Gasteiger charge is -2.26. The molecular weight excluding hydrogens is 238 g/mol. The lowest BCUT2D eigenvalue weighted by atomic mass is 9.77. The molecule has 2 fully saturated rings. The van der Waals surface area contributed by atoms with Gasteiger partial charge in [-0.1, -0.05) is 0 Å². The van der Waals surface area contributed by atoms with E-state index in [0.717, 1.165) is 12.8 Å². The molecule has 0 spiro atoms. The molecule has 0 aromatic carbocycles. The van der Waals surface area contributed by atoms with Crippen LogP contribution in [0.25, 0.3) is 0 Å². The molecule has 0 aromatic heterocycles. The van der Waals surface area contributed by atoms with Crippen molar-refractivity contribution in [3.05, 3.63) is 0 Å². The van der Waals surface area contributed by atoms with Crippen molar-refractivity contribution < 1.29 is 19.6 Å². The Bertz CT molecular complexity index is 394. The van der Waals surface area contributed by atoms with Crippen molar-refractivity contribution in [2.75, 3.05) is 13.1 Å². The van der Waals surface area contributed by atoms with Crippen LogP contribution < -0.4 is 11.2 Å². The summed E-state index contributed by atoms with van der Waals surface area (Å²) in [7, 11) is 0. The molecule has 0 bridgehead atoms. The van der Waals surface area contributed by atoms with E-state index < -0.39 is 17.2 Å². The van der Waals surface area contributed by atoms with Crippen LogP contribution in [0.3, 0.4) is 0 Å². The number of amides is 3.